The van der Waals surface area contributed by atoms with E-state index in [1.807, 2.05) is 12.2 Å². The summed E-state index contributed by atoms with van der Waals surface area (Å²) < 4.78 is 10.0. The van der Waals surface area contributed by atoms with Gasteiger partial charge in [0.25, 0.3) is 0 Å². The monoisotopic (exact) mass is 361 g/mol. The number of imide groups is 1. The van der Waals surface area contributed by atoms with Crippen molar-refractivity contribution >= 4 is 35.1 Å². The molecule has 2 bridgehead atoms. The highest BCUT2D eigenvalue weighted by molar-refractivity contribution is 6.34. The molecular weight excluding hydrogens is 346 g/mol. The van der Waals surface area contributed by atoms with E-state index in [1.54, 1.807) is 0 Å². The molecule has 6 nitrogen and oxygen atoms in total. The van der Waals surface area contributed by atoms with Crippen molar-refractivity contribution in [3.63, 3.8) is 0 Å². The molecule has 4 unspecified atom stereocenters. The molecule has 1 aliphatic heterocycles. The summed E-state index contributed by atoms with van der Waals surface area (Å²) in [5.74, 6) is -1.32. The van der Waals surface area contributed by atoms with Gasteiger partial charge in [0.05, 0.1) is 42.3 Å². The lowest BCUT2D eigenvalue weighted by molar-refractivity contribution is -0.123. The summed E-state index contributed by atoms with van der Waals surface area (Å²) in [7, 11) is 2.66. The van der Waals surface area contributed by atoms with Gasteiger partial charge in [-0.2, -0.15) is 0 Å². The van der Waals surface area contributed by atoms with Crippen LogP contribution in [0.2, 0.25) is 5.02 Å². The van der Waals surface area contributed by atoms with Gasteiger partial charge in [0.15, 0.2) is 0 Å². The molecule has 0 aromatic heterocycles. The number of methoxy groups -OCH3 is 2. The van der Waals surface area contributed by atoms with Crippen molar-refractivity contribution in [3.05, 3.63) is 34.9 Å². The lowest BCUT2D eigenvalue weighted by atomic mass is 9.85. The van der Waals surface area contributed by atoms with Crippen LogP contribution < -0.4 is 9.64 Å². The van der Waals surface area contributed by atoms with Crippen molar-refractivity contribution in [2.75, 3.05) is 19.1 Å². The Labute approximate surface area is 149 Å². The molecule has 2 fully saturated rings. The van der Waals surface area contributed by atoms with Gasteiger partial charge < -0.3 is 9.47 Å². The third kappa shape index (κ3) is 2.13. The molecule has 0 N–H and O–H groups in total. The van der Waals surface area contributed by atoms with Crippen LogP contribution in [0, 0.1) is 23.7 Å². The summed E-state index contributed by atoms with van der Waals surface area (Å²) >= 11 is 6.11. The van der Waals surface area contributed by atoms with E-state index in [0.29, 0.717) is 0 Å². The zero-order valence-electron chi connectivity index (χ0n) is 13.7. The zero-order chi connectivity index (χ0) is 17.9. The van der Waals surface area contributed by atoms with Crippen LogP contribution >= 0.6 is 11.6 Å². The van der Waals surface area contributed by atoms with Crippen LogP contribution in [0.15, 0.2) is 24.3 Å². The first kappa shape index (κ1) is 16.1. The standard InChI is InChI=1S/C18H16ClNO5/c1-24-13-7-11(19)10(18(23)25-2)6-12(13)20-16(21)14-8-3-4-9(5-8)15(14)17(20)22/h3-4,6-9,14-15H,5H2,1-2H3. The fourth-order valence-corrected chi connectivity index (χ4v) is 4.52. The van der Waals surface area contributed by atoms with E-state index in [-0.39, 0.29) is 57.5 Å². The minimum Gasteiger partial charge on any atom is -0.494 e. The van der Waals surface area contributed by atoms with Gasteiger partial charge in [-0.25, -0.2) is 9.69 Å². The van der Waals surface area contributed by atoms with Gasteiger partial charge in [0.2, 0.25) is 11.8 Å². The van der Waals surface area contributed by atoms with Crippen molar-refractivity contribution in [3.8, 4) is 5.75 Å². The van der Waals surface area contributed by atoms with E-state index in [4.69, 9.17) is 21.1 Å². The molecule has 130 valence electrons. The Bertz CT molecular complexity index is 803. The lowest BCUT2D eigenvalue weighted by Crippen LogP contribution is -2.33. The average Bonchev–Trinajstić information content (AvgIpc) is 3.28. The van der Waals surface area contributed by atoms with Gasteiger partial charge >= 0.3 is 5.97 Å². The highest BCUT2D eigenvalue weighted by Crippen LogP contribution is 2.54. The third-order valence-electron chi connectivity index (χ3n) is 5.39. The molecule has 1 heterocycles. The SMILES string of the molecule is COC(=O)c1cc(N2C(=O)C3C4C=CC(C4)C3C2=O)c(OC)cc1Cl. The summed E-state index contributed by atoms with van der Waals surface area (Å²) in [5.41, 5.74) is 0.315. The molecule has 1 saturated carbocycles. The molecule has 2 aliphatic carbocycles. The lowest BCUT2D eigenvalue weighted by Gasteiger charge is -2.21. The Morgan fingerprint density at radius 3 is 2.24 bits per heavy atom. The minimum atomic E-state index is -0.644. The highest BCUT2D eigenvalue weighted by atomic mass is 35.5. The second-order valence-corrected chi connectivity index (χ2v) is 6.91. The van der Waals surface area contributed by atoms with Gasteiger partial charge in [0, 0.05) is 6.07 Å². The van der Waals surface area contributed by atoms with Crippen molar-refractivity contribution in [2.45, 2.75) is 6.42 Å². The molecular formula is C18H16ClNO5. The van der Waals surface area contributed by atoms with Crippen LogP contribution in [-0.2, 0) is 14.3 Å². The molecule has 1 aromatic carbocycles. The third-order valence-corrected chi connectivity index (χ3v) is 5.70. The molecule has 1 saturated heterocycles. The second-order valence-electron chi connectivity index (χ2n) is 6.51. The number of nitrogens with zero attached hydrogens (tertiary/aromatic N) is 1. The highest BCUT2D eigenvalue weighted by Gasteiger charge is 2.60. The normalized spacial score (nSPS) is 29.3. The molecule has 4 atom stereocenters. The van der Waals surface area contributed by atoms with Crippen LogP contribution in [0.5, 0.6) is 5.75 Å². The zero-order valence-corrected chi connectivity index (χ0v) is 14.4. The van der Waals surface area contributed by atoms with Gasteiger partial charge in [0.1, 0.15) is 5.75 Å². The summed E-state index contributed by atoms with van der Waals surface area (Å²) in [6, 6.07) is 2.81. The van der Waals surface area contributed by atoms with Crippen LogP contribution in [0.3, 0.4) is 0 Å². The molecule has 0 spiro atoms. The van der Waals surface area contributed by atoms with Crippen molar-refractivity contribution in [1.29, 1.82) is 0 Å². The number of amides is 2. The second kappa shape index (κ2) is 5.59. The predicted molar refractivity (Wildman–Crippen MR) is 89.6 cm³/mol. The summed E-state index contributed by atoms with van der Waals surface area (Å²) in [4.78, 5) is 39.0. The van der Waals surface area contributed by atoms with Crippen LogP contribution in [0.25, 0.3) is 0 Å². The molecule has 0 radical (unpaired) electrons. The summed E-state index contributed by atoms with van der Waals surface area (Å²) in [5, 5.41) is 0.133. The summed E-state index contributed by atoms with van der Waals surface area (Å²) in [6.07, 6.45) is 4.91. The fourth-order valence-electron chi connectivity index (χ4n) is 4.29. The molecule has 25 heavy (non-hydrogen) atoms. The van der Waals surface area contributed by atoms with E-state index in [2.05, 4.69) is 0 Å². The topological polar surface area (TPSA) is 72.9 Å². The minimum absolute atomic E-state index is 0.0822. The number of benzene rings is 1. The number of hydrogen-bond acceptors (Lipinski definition) is 5. The number of carbonyl (C=O) groups is 3. The Morgan fingerprint density at radius 1 is 1.12 bits per heavy atom. The quantitative estimate of drug-likeness (QED) is 0.469. The van der Waals surface area contributed by atoms with Crippen molar-refractivity contribution in [1.82, 2.24) is 0 Å². The van der Waals surface area contributed by atoms with Gasteiger partial charge in [-0.1, -0.05) is 23.8 Å². The number of anilines is 1. The first-order valence-corrected chi connectivity index (χ1v) is 8.37. The largest absolute Gasteiger partial charge is 0.494 e. The Morgan fingerprint density at radius 2 is 1.72 bits per heavy atom. The number of carbonyl (C=O) groups excluding carboxylic acids is 3. The van der Waals surface area contributed by atoms with Crippen LogP contribution in [0.1, 0.15) is 16.8 Å². The van der Waals surface area contributed by atoms with Crippen LogP contribution in [-0.4, -0.2) is 32.0 Å². The first-order chi connectivity index (χ1) is 12.0. The maximum Gasteiger partial charge on any atom is 0.339 e. The molecule has 1 aromatic rings. The number of rotatable bonds is 3. The maximum absolute atomic E-state index is 13.0. The van der Waals surface area contributed by atoms with Gasteiger partial charge in [-0.15, -0.1) is 0 Å². The Balaban J connectivity index is 1.81. The van der Waals surface area contributed by atoms with Crippen molar-refractivity contribution in [2.24, 2.45) is 23.7 Å². The summed E-state index contributed by atoms with van der Waals surface area (Å²) in [6.45, 7) is 0. The molecule has 4 rings (SSSR count). The molecule has 3 aliphatic rings. The number of hydrogen-bond donors (Lipinski definition) is 0. The number of esters is 1. The van der Waals surface area contributed by atoms with E-state index in [0.717, 1.165) is 11.3 Å². The predicted octanol–water partition coefficient (Wildman–Crippen LogP) is 2.45. The molecule has 2 amide bonds. The number of ether oxygens (including phenoxy) is 2. The first-order valence-electron chi connectivity index (χ1n) is 8.00. The Kier molecular flexibility index (Phi) is 3.61. The van der Waals surface area contributed by atoms with E-state index < -0.39 is 5.97 Å². The average molecular weight is 362 g/mol. The van der Waals surface area contributed by atoms with E-state index in [1.165, 1.54) is 26.4 Å². The van der Waals surface area contributed by atoms with Crippen LogP contribution in [0.4, 0.5) is 5.69 Å². The Hall–Kier alpha value is -2.34. The van der Waals surface area contributed by atoms with Crippen molar-refractivity contribution < 1.29 is 23.9 Å². The van der Waals surface area contributed by atoms with Gasteiger partial charge in [-0.05, 0) is 24.3 Å². The number of fused-ring (bicyclic) bond motifs is 5. The van der Waals surface area contributed by atoms with E-state index >= 15 is 0 Å². The number of allylic oxidation sites excluding steroid dienone is 2. The van der Waals surface area contributed by atoms with E-state index in [9.17, 15) is 14.4 Å². The fraction of sp³-hybridized carbons (Fsp3) is 0.389. The van der Waals surface area contributed by atoms with Gasteiger partial charge in [-0.3, -0.25) is 9.59 Å². The molecule has 7 heteroatoms. The smallest absolute Gasteiger partial charge is 0.339 e. The number of halogens is 1. The maximum atomic E-state index is 13.0.